The molecule has 0 aliphatic rings. The Morgan fingerprint density at radius 2 is 2.14 bits per heavy atom. The molecule has 0 aliphatic carbocycles. The number of aromatic nitrogens is 3. The fraction of sp³-hybridized carbons (Fsp3) is 0.250. The van der Waals surface area contributed by atoms with Crippen molar-refractivity contribution in [2.45, 2.75) is 13.3 Å². The van der Waals surface area contributed by atoms with E-state index in [-0.39, 0.29) is 0 Å². The zero-order valence-electron chi connectivity index (χ0n) is 12.3. The highest BCUT2D eigenvalue weighted by atomic mass is 15.0. The van der Waals surface area contributed by atoms with Crippen LogP contribution in [0, 0.1) is 6.92 Å². The Labute approximate surface area is 123 Å². The molecule has 21 heavy (non-hydrogen) atoms. The third-order valence-electron chi connectivity index (χ3n) is 3.55. The Bertz CT molecular complexity index is 775. The predicted octanol–water partition coefficient (Wildman–Crippen LogP) is 2.51. The highest BCUT2D eigenvalue weighted by Crippen LogP contribution is 2.25. The van der Waals surface area contributed by atoms with Crippen LogP contribution in [0.3, 0.4) is 0 Å². The smallest absolute Gasteiger partial charge is 0.110 e. The van der Waals surface area contributed by atoms with Crippen LogP contribution in [0.15, 0.2) is 36.7 Å². The molecule has 5 heteroatoms. The highest BCUT2D eigenvalue weighted by Gasteiger charge is 2.05. The van der Waals surface area contributed by atoms with E-state index in [0.717, 1.165) is 46.8 Å². The first kappa shape index (κ1) is 13.4. The van der Waals surface area contributed by atoms with Crippen molar-refractivity contribution < 1.29 is 0 Å². The van der Waals surface area contributed by atoms with Crippen molar-refractivity contribution in [2.24, 2.45) is 7.05 Å². The molecule has 0 saturated heterocycles. The van der Waals surface area contributed by atoms with Crippen molar-refractivity contribution in [1.29, 1.82) is 0 Å². The van der Waals surface area contributed by atoms with Gasteiger partial charge in [-0.05, 0) is 31.2 Å². The van der Waals surface area contributed by atoms with Gasteiger partial charge in [-0.25, -0.2) is 4.98 Å². The molecule has 0 fully saturated rings. The number of anilines is 2. The average Bonchev–Trinajstić information content (AvgIpc) is 2.85. The number of nitrogens with two attached hydrogens (primary N) is 1. The number of nitrogen functional groups attached to an aromatic ring is 1. The van der Waals surface area contributed by atoms with Crippen molar-refractivity contribution in [3.05, 3.63) is 48.2 Å². The Morgan fingerprint density at radius 1 is 1.29 bits per heavy atom. The van der Waals surface area contributed by atoms with Gasteiger partial charge >= 0.3 is 0 Å². The third-order valence-corrected chi connectivity index (χ3v) is 3.55. The van der Waals surface area contributed by atoms with E-state index in [2.05, 4.69) is 21.4 Å². The number of hydrogen-bond acceptors (Lipinski definition) is 4. The maximum atomic E-state index is 5.89. The minimum absolute atomic E-state index is 0.750. The van der Waals surface area contributed by atoms with Gasteiger partial charge < -0.3 is 15.6 Å². The standard InChI is InChI=1S/C16H19N5/c1-11-9-15(13-10-12(17)3-4-14(13)20-11)18-6-5-16-19-7-8-21(16)2/h3-4,7-10H,5-6,17H2,1-2H3,(H,18,20). The van der Waals surface area contributed by atoms with Gasteiger partial charge in [-0.1, -0.05) is 0 Å². The third kappa shape index (κ3) is 2.81. The van der Waals surface area contributed by atoms with Gasteiger partial charge in [-0.2, -0.15) is 0 Å². The van der Waals surface area contributed by atoms with Crippen molar-refractivity contribution in [1.82, 2.24) is 14.5 Å². The Hall–Kier alpha value is -2.56. The molecule has 5 nitrogen and oxygen atoms in total. The van der Waals surface area contributed by atoms with Crippen LogP contribution in [0.2, 0.25) is 0 Å². The predicted molar refractivity (Wildman–Crippen MR) is 86.3 cm³/mol. The first-order chi connectivity index (χ1) is 10.1. The van der Waals surface area contributed by atoms with Gasteiger partial charge in [0.2, 0.25) is 0 Å². The van der Waals surface area contributed by atoms with Gasteiger partial charge in [0.15, 0.2) is 0 Å². The van der Waals surface area contributed by atoms with E-state index >= 15 is 0 Å². The van der Waals surface area contributed by atoms with Gasteiger partial charge in [0.25, 0.3) is 0 Å². The molecule has 0 amide bonds. The number of imidazole rings is 1. The average molecular weight is 281 g/mol. The maximum absolute atomic E-state index is 5.89. The first-order valence-corrected chi connectivity index (χ1v) is 7.00. The van der Waals surface area contributed by atoms with Crippen LogP contribution in [0.1, 0.15) is 11.5 Å². The summed E-state index contributed by atoms with van der Waals surface area (Å²) < 4.78 is 2.04. The molecule has 0 atom stereocenters. The largest absolute Gasteiger partial charge is 0.399 e. The summed E-state index contributed by atoms with van der Waals surface area (Å²) in [5.74, 6) is 1.07. The van der Waals surface area contributed by atoms with Crippen LogP contribution >= 0.6 is 0 Å². The quantitative estimate of drug-likeness (QED) is 0.721. The van der Waals surface area contributed by atoms with Crippen LogP contribution in [0.4, 0.5) is 11.4 Å². The second-order valence-electron chi connectivity index (χ2n) is 5.22. The molecule has 1 aromatic carbocycles. The molecule has 2 heterocycles. The summed E-state index contributed by atoms with van der Waals surface area (Å²) in [6, 6.07) is 7.86. The number of rotatable bonds is 4. The zero-order valence-corrected chi connectivity index (χ0v) is 12.3. The van der Waals surface area contributed by atoms with Crippen molar-refractivity contribution in [2.75, 3.05) is 17.6 Å². The monoisotopic (exact) mass is 281 g/mol. The lowest BCUT2D eigenvalue weighted by molar-refractivity contribution is 0.790. The van der Waals surface area contributed by atoms with E-state index in [1.807, 2.05) is 49.1 Å². The Morgan fingerprint density at radius 3 is 2.90 bits per heavy atom. The fourth-order valence-corrected chi connectivity index (χ4v) is 2.47. The lowest BCUT2D eigenvalue weighted by Gasteiger charge is -2.11. The Balaban J connectivity index is 1.83. The summed E-state index contributed by atoms with van der Waals surface area (Å²) in [4.78, 5) is 8.87. The van der Waals surface area contributed by atoms with Gasteiger partial charge in [0.1, 0.15) is 5.82 Å². The van der Waals surface area contributed by atoms with Gasteiger partial charge in [0, 0.05) is 54.9 Å². The minimum atomic E-state index is 0.750. The Kier molecular flexibility index (Phi) is 3.48. The molecular weight excluding hydrogens is 262 g/mol. The number of nitrogens with one attached hydrogen (secondary N) is 1. The fourth-order valence-electron chi connectivity index (χ4n) is 2.47. The minimum Gasteiger partial charge on any atom is -0.399 e. The van der Waals surface area contributed by atoms with E-state index < -0.39 is 0 Å². The topological polar surface area (TPSA) is 68.8 Å². The molecule has 3 aromatic rings. The second-order valence-corrected chi connectivity index (χ2v) is 5.22. The summed E-state index contributed by atoms with van der Waals surface area (Å²) in [5, 5.41) is 4.53. The molecule has 108 valence electrons. The summed E-state index contributed by atoms with van der Waals surface area (Å²) in [7, 11) is 2.01. The van der Waals surface area contributed by atoms with Crippen LogP contribution in [-0.2, 0) is 13.5 Å². The number of nitrogens with zero attached hydrogens (tertiary/aromatic N) is 3. The summed E-state index contributed by atoms with van der Waals surface area (Å²) in [6.45, 7) is 2.82. The number of benzene rings is 1. The molecule has 0 radical (unpaired) electrons. The van der Waals surface area contributed by atoms with Crippen molar-refractivity contribution in [3.63, 3.8) is 0 Å². The van der Waals surface area contributed by atoms with Crippen LogP contribution in [-0.4, -0.2) is 21.1 Å². The molecule has 3 N–H and O–H groups in total. The van der Waals surface area contributed by atoms with E-state index in [0.29, 0.717) is 0 Å². The molecule has 0 unspecified atom stereocenters. The van der Waals surface area contributed by atoms with Crippen LogP contribution in [0.25, 0.3) is 10.9 Å². The zero-order chi connectivity index (χ0) is 14.8. The van der Waals surface area contributed by atoms with Crippen molar-refractivity contribution in [3.8, 4) is 0 Å². The highest BCUT2D eigenvalue weighted by molar-refractivity contribution is 5.93. The summed E-state index contributed by atoms with van der Waals surface area (Å²) in [6.07, 6.45) is 4.65. The normalized spacial score (nSPS) is 11.0. The van der Waals surface area contributed by atoms with Crippen LogP contribution in [0.5, 0.6) is 0 Å². The van der Waals surface area contributed by atoms with E-state index in [1.165, 1.54) is 0 Å². The summed E-state index contributed by atoms with van der Waals surface area (Å²) in [5.41, 5.74) is 9.66. The number of aryl methyl sites for hydroxylation is 2. The lowest BCUT2D eigenvalue weighted by Crippen LogP contribution is -2.09. The van der Waals surface area contributed by atoms with E-state index in [4.69, 9.17) is 5.73 Å². The van der Waals surface area contributed by atoms with Gasteiger partial charge in [-0.15, -0.1) is 0 Å². The van der Waals surface area contributed by atoms with Gasteiger partial charge in [-0.3, -0.25) is 4.98 Å². The lowest BCUT2D eigenvalue weighted by atomic mass is 10.1. The molecule has 0 spiro atoms. The first-order valence-electron chi connectivity index (χ1n) is 7.00. The maximum Gasteiger partial charge on any atom is 0.110 e. The molecule has 0 bridgehead atoms. The molecular formula is C16H19N5. The SMILES string of the molecule is Cc1cc(NCCc2nccn2C)c2cc(N)ccc2n1. The van der Waals surface area contributed by atoms with E-state index in [9.17, 15) is 0 Å². The number of hydrogen-bond donors (Lipinski definition) is 2. The van der Waals surface area contributed by atoms with Crippen LogP contribution < -0.4 is 11.1 Å². The summed E-state index contributed by atoms with van der Waals surface area (Å²) >= 11 is 0. The number of pyridine rings is 1. The van der Waals surface area contributed by atoms with E-state index in [1.54, 1.807) is 0 Å². The second kappa shape index (κ2) is 5.44. The molecule has 0 aliphatic heterocycles. The molecule has 2 aromatic heterocycles. The van der Waals surface area contributed by atoms with Gasteiger partial charge in [0.05, 0.1) is 5.52 Å². The molecule has 0 saturated carbocycles. The number of fused-ring (bicyclic) bond motifs is 1. The van der Waals surface area contributed by atoms with Crippen molar-refractivity contribution >= 4 is 22.3 Å². The molecule has 3 rings (SSSR count).